The Balaban J connectivity index is 0.992. The first-order valence-corrected chi connectivity index (χ1v) is 19.1. The number of benzene rings is 2. The highest BCUT2D eigenvalue weighted by molar-refractivity contribution is 7.09. The number of carbonyl (C=O) groups is 2. The van der Waals surface area contributed by atoms with E-state index in [0.717, 1.165) is 59.9 Å². The summed E-state index contributed by atoms with van der Waals surface area (Å²) in [4.78, 5) is 55.3. The van der Waals surface area contributed by atoms with Gasteiger partial charge in [0.15, 0.2) is 0 Å². The minimum Gasteiger partial charge on any atom is -0.383 e. The predicted octanol–water partition coefficient (Wildman–Crippen LogP) is 7.74. The summed E-state index contributed by atoms with van der Waals surface area (Å²) in [7, 11) is 0. The van der Waals surface area contributed by atoms with E-state index in [0.29, 0.717) is 31.0 Å². The van der Waals surface area contributed by atoms with Crippen molar-refractivity contribution in [3.63, 3.8) is 0 Å². The third-order valence-electron chi connectivity index (χ3n) is 10.5. The standard InChI is InChI=1S/C42H37F2N7O3S/c43-29-8-12-38(47-18-29)35-22-50(20-26-2-1-3-26)23-36(40(35)53)42(54)49-30-9-11-33(37(44)16-30)34-15-28(17-48-41(34)45)27-6-4-25(5-7-27)14-31-10-13-39(52)51(31)21-32-19-46-24-55-32/h4-9,11-12,15-19,22-24,26,31H,1-3,10,13-14,20-21H2,(H2,45,48)(H,49,54)/t31-/m0/s1. The lowest BCUT2D eigenvalue weighted by molar-refractivity contribution is -0.129. The van der Waals surface area contributed by atoms with Gasteiger partial charge in [0.1, 0.15) is 23.0 Å². The molecule has 55 heavy (non-hydrogen) atoms. The van der Waals surface area contributed by atoms with E-state index in [9.17, 15) is 18.8 Å². The van der Waals surface area contributed by atoms with Gasteiger partial charge in [0.05, 0.1) is 29.5 Å². The molecule has 0 unspecified atom stereocenters. The van der Waals surface area contributed by atoms with Crippen LogP contribution in [0.25, 0.3) is 33.5 Å². The van der Waals surface area contributed by atoms with E-state index < -0.39 is 23.0 Å². The number of nitrogens with one attached hydrogen (secondary N) is 1. The molecule has 0 bridgehead atoms. The number of hydrogen-bond acceptors (Lipinski definition) is 8. The number of halogens is 2. The van der Waals surface area contributed by atoms with Crippen molar-refractivity contribution in [1.29, 1.82) is 0 Å². The molecule has 2 amide bonds. The van der Waals surface area contributed by atoms with Crippen molar-refractivity contribution in [3.8, 4) is 33.5 Å². The number of nitrogens with two attached hydrogens (primary N) is 1. The van der Waals surface area contributed by atoms with Crippen molar-refractivity contribution < 1.29 is 18.4 Å². The van der Waals surface area contributed by atoms with Gasteiger partial charge in [0.2, 0.25) is 11.3 Å². The number of rotatable bonds is 11. The van der Waals surface area contributed by atoms with Crippen LogP contribution < -0.4 is 16.5 Å². The molecule has 5 heterocycles. The summed E-state index contributed by atoms with van der Waals surface area (Å²) >= 11 is 1.55. The topological polar surface area (TPSA) is 136 Å². The van der Waals surface area contributed by atoms with Crippen LogP contribution in [0.5, 0.6) is 0 Å². The summed E-state index contributed by atoms with van der Waals surface area (Å²) in [6.45, 7) is 1.19. The molecule has 278 valence electrons. The van der Waals surface area contributed by atoms with Crippen LogP contribution in [0.15, 0.2) is 102 Å². The molecule has 2 fully saturated rings. The Hall–Kier alpha value is -6.08. The van der Waals surface area contributed by atoms with Gasteiger partial charge in [0, 0.05) is 71.0 Å². The number of anilines is 2. The molecule has 0 radical (unpaired) electrons. The molecule has 10 nitrogen and oxygen atoms in total. The fraction of sp³-hybridized carbons (Fsp3) is 0.238. The van der Waals surface area contributed by atoms with Crippen molar-refractivity contribution in [3.05, 3.63) is 135 Å². The summed E-state index contributed by atoms with van der Waals surface area (Å²) in [6, 6.07) is 16.8. The van der Waals surface area contributed by atoms with Crippen molar-refractivity contribution in [2.45, 2.75) is 57.7 Å². The van der Waals surface area contributed by atoms with E-state index in [-0.39, 0.29) is 45.8 Å². The number of thiazole rings is 1. The fourth-order valence-electron chi connectivity index (χ4n) is 7.26. The zero-order valence-electron chi connectivity index (χ0n) is 29.8. The lowest BCUT2D eigenvalue weighted by atomic mass is 9.85. The minimum absolute atomic E-state index is 0.112. The van der Waals surface area contributed by atoms with E-state index in [1.165, 1.54) is 30.5 Å². The quantitative estimate of drug-likeness (QED) is 0.138. The van der Waals surface area contributed by atoms with Gasteiger partial charge in [-0.2, -0.15) is 0 Å². The number of aromatic nitrogens is 4. The highest BCUT2D eigenvalue weighted by atomic mass is 32.1. The maximum Gasteiger partial charge on any atom is 0.261 e. The molecule has 1 aliphatic heterocycles. The van der Waals surface area contributed by atoms with E-state index in [4.69, 9.17) is 5.73 Å². The summed E-state index contributed by atoms with van der Waals surface area (Å²) < 4.78 is 31.2. The summed E-state index contributed by atoms with van der Waals surface area (Å²) in [5.74, 6) is -1.16. The van der Waals surface area contributed by atoms with Crippen molar-refractivity contribution in [2.24, 2.45) is 5.92 Å². The van der Waals surface area contributed by atoms with Crippen LogP contribution in [0.2, 0.25) is 0 Å². The van der Waals surface area contributed by atoms with Gasteiger partial charge in [-0.3, -0.25) is 24.4 Å². The van der Waals surface area contributed by atoms with Crippen LogP contribution in [-0.2, 0) is 24.3 Å². The molecular formula is C42H37F2N7O3S. The first-order chi connectivity index (χ1) is 26.7. The van der Waals surface area contributed by atoms with Gasteiger partial charge in [-0.25, -0.2) is 13.8 Å². The molecule has 2 aliphatic rings. The molecule has 4 aromatic heterocycles. The summed E-state index contributed by atoms with van der Waals surface area (Å²) in [5.41, 5.74) is 11.2. The number of likely N-dealkylation sites (tertiary alicyclic amines) is 1. The highest BCUT2D eigenvalue weighted by Crippen LogP contribution is 2.34. The Kier molecular flexibility index (Phi) is 10.0. The molecule has 1 aliphatic carbocycles. The van der Waals surface area contributed by atoms with Crippen molar-refractivity contribution in [2.75, 3.05) is 11.1 Å². The Labute approximate surface area is 319 Å². The highest BCUT2D eigenvalue weighted by Gasteiger charge is 2.31. The van der Waals surface area contributed by atoms with Gasteiger partial charge in [-0.15, -0.1) is 11.3 Å². The van der Waals surface area contributed by atoms with E-state index in [2.05, 4.69) is 20.3 Å². The number of amides is 2. The smallest absolute Gasteiger partial charge is 0.261 e. The second kappa shape index (κ2) is 15.3. The van der Waals surface area contributed by atoms with Gasteiger partial charge in [-0.05, 0) is 79.1 Å². The maximum absolute atomic E-state index is 15.8. The third-order valence-corrected chi connectivity index (χ3v) is 11.2. The molecule has 8 rings (SSSR count). The lowest BCUT2D eigenvalue weighted by Crippen LogP contribution is -2.33. The monoisotopic (exact) mass is 757 g/mol. The number of pyridine rings is 3. The number of hydrogen-bond donors (Lipinski definition) is 2. The summed E-state index contributed by atoms with van der Waals surface area (Å²) in [5, 5.41) is 2.67. The van der Waals surface area contributed by atoms with Crippen molar-refractivity contribution >= 4 is 34.7 Å². The predicted molar refractivity (Wildman–Crippen MR) is 208 cm³/mol. The first-order valence-electron chi connectivity index (χ1n) is 18.2. The maximum atomic E-state index is 15.8. The SMILES string of the molecule is Nc1ncc(-c2ccc(C[C@@H]3CCC(=O)N3Cc3cncs3)cc2)cc1-c1ccc(NC(=O)c2cn(CC3CCC3)cc(-c3ccc(F)cn3)c2=O)cc1F. The largest absolute Gasteiger partial charge is 0.383 e. The van der Waals surface area contributed by atoms with E-state index in [1.807, 2.05) is 35.4 Å². The second-order valence-electron chi connectivity index (χ2n) is 14.2. The molecular weight excluding hydrogens is 721 g/mol. The average molecular weight is 758 g/mol. The number of nitrogens with zero attached hydrogens (tertiary/aromatic N) is 5. The lowest BCUT2D eigenvalue weighted by Gasteiger charge is -2.26. The van der Waals surface area contributed by atoms with Gasteiger partial charge >= 0.3 is 0 Å². The molecule has 1 atom stereocenters. The van der Waals surface area contributed by atoms with E-state index >= 15 is 4.39 Å². The van der Waals surface area contributed by atoms with Crippen LogP contribution in [0.4, 0.5) is 20.3 Å². The molecule has 2 aromatic carbocycles. The molecule has 3 N–H and O–H groups in total. The molecule has 0 spiro atoms. The first kappa shape index (κ1) is 35.9. The third kappa shape index (κ3) is 7.79. The zero-order chi connectivity index (χ0) is 38.1. The van der Waals surface area contributed by atoms with Crippen LogP contribution in [0, 0.1) is 17.6 Å². The Morgan fingerprint density at radius 2 is 1.73 bits per heavy atom. The Morgan fingerprint density at radius 3 is 2.44 bits per heavy atom. The zero-order valence-corrected chi connectivity index (χ0v) is 30.6. The molecule has 1 saturated carbocycles. The number of nitrogen functional groups attached to an aromatic ring is 1. The number of carbonyl (C=O) groups excluding carboxylic acids is 2. The minimum atomic E-state index is -0.706. The molecule has 1 saturated heterocycles. The average Bonchev–Trinajstić information content (AvgIpc) is 3.81. The van der Waals surface area contributed by atoms with Gasteiger partial charge in [0.25, 0.3) is 5.91 Å². The Morgan fingerprint density at radius 1 is 0.891 bits per heavy atom. The van der Waals surface area contributed by atoms with Crippen LogP contribution in [-0.4, -0.2) is 42.3 Å². The normalized spacial score (nSPS) is 15.6. The van der Waals surface area contributed by atoms with Crippen LogP contribution in [0.1, 0.15) is 52.9 Å². The van der Waals surface area contributed by atoms with E-state index in [1.54, 1.807) is 45.9 Å². The van der Waals surface area contributed by atoms with Gasteiger partial charge in [-0.1, -0.05) is 30.7 Å². The molecule has 13 heteroatoms. The fourth-order valence-corrected chi connectivity index (χ4v) is 7.86. The van der Waals surface area contributed by atoms with Crippen LogP contribution >= 0.6 is 11.3 Å². The Bertz CT molecular complexity index is 2430. The van der Waals surface area contributed by atoms with Crippen molar-refractivity contribution in [1.82, 2.24) is 24.4 Å². The molecule has 6 aromatic rings. The summed E-state index contributed by atoms with van der Waals surface area (Å²) in [6.07, 6.45) is 12.9. The van der Waals surface area contributed by atoms with Gasteiger partial charge < -0.3 is 20.5 Å². The second-order valence-corrected chi connectivity index (χ2v) is 15.1. The van der Waals surface area contributed by atoms with Crippen LogP contribution in [0.3, 0.4) is 0 Å².